The SMILES string of the molecule is ClN1NC(Nc2ccccc2)=CC(=Nc2ccccc2)N1. The Balaban J connectivity index is 1.82. The molecule has 0 amide bonds. The van der Waals surface area contributed by atoms with Crippen LogP contribution < -0.4 is 16.2 Å². The average molecular weight is 300 g/mol. The second-order valence-electron chi connectivity index (χ2n) is 4.39. The second kappa shape index (κ2) is 6.30. The lowest BCUT2D eigenvalue weighted by Crippen LogP contribution is -2.49. The number of nitrogens with zero attached hydrogens (tertiary/aromatic N) is 2. The Bertz CT molecular complexity index is 654. The summed E-state index contributed by atoms with van der Waals surface area (Å²) >= 11 is 5.99. The van der Waals surface area contributed by atoms with Crippen LogP contribution in [0.15, 0.2) is 77.6 Å². The van der Waals surface area contributed by atoms with E-state index >= 15 is 0 Å². The van der Waals surface area contributed by atoms with Gasteiger partial charge in [-0.1, -0.05) is 36.4 Å². The summed E-state index contributed by atoms with van der Waals surface area (Å²) in [5.74, 6) is 1.36. The maximum atomic E-state index is 5.99. The number of halogens is 1. The molecule has 0 fully saturated rings. The molecule has 3 rings (SSSR count). The van der Waals surface area contributed by atoms with Gasteiger partial charge in [-0.2, -0.15) is 0 Å². The van der Waals surface area contributed by atoms with Gasteiger partial charge in [-0.05, 0) is 28.9 Å². The molecular weight excluding hydrogens is 286 g/mol. The standard InChI is InChI=1S/C15H14ClN5/c16-21-19-14(17-12-7-3-1-4-8-12)11-15(20-21)18-13-9-5-2-6-10-13/h1-11,17,19H,(H,18,20). The molecule has 0 unspecified atom stereocenters. The van der Waals surface area contributed by atoms with E-state index in [-0.39, 0.29) is 0 Å². The first kappa shape index (κ1) is 13.5. The van der Waals surface area contributed by atoms with Crippen LogP contribution in [0.3, 0.4) is 0 Å². The van der Waals surface area contributed by atoms with Gasteiger partial charge in [0.05, 0.1) is 5.69 Å². The molecule has 0 atom stereocenters. The molecule has 1 aliphatic rings. The summed E-state index contributed by atoms with van der Waals surface area (Å²) in [5, 5.41) is 3.23. The molecule has 0 saturated heterocycles. The predicted molar refractivity (Wildman–Crippen MR) is 85.6 cm³/mol. The lowest BCUT2D eigenvalue weighted by atomic mass is 10.3. The van der Waals surface area contributed by atoms with Crippen molar-refractivity contribution in [3.05, 3.63) is 72.6 Å². The molecule has 1 aliphatic heterocycles. The number of nitrogens with one attached hydrogen (secondary N) is 3. The first-order chi connectivity index (χ1) is 10.3. The van der Waals surface area contributed by atoms with Gasteiger partial charge in [-0.15, -0.1) is 0 Å². The molecule has 3 N–H and O–H groups in total. The van der Waals surface area contributed by atoms with Crippen LogP contribution in [-0.2, 0) is 0 Å². The van der Waals surface area contributed by atoms with Crippen molar-refractivity contribution < 1.29 is 0 Å². The Labute approximate surface area is 128 Å². The zero-order valence-electron chi connectivity index (χ0n) is 11.1. The minimum atomic E-state index is 0.633. The third-order valence-corrected chi connectivity index (χ3v) is 2.94. The summed E-state index contributed by atoms with van der Waals surface area (Å²) in [6.45, 7) is 0. The highest BCUT2D eigenvalue weighted by Gasteiger charge is 2.13. The maximum Gasteiger partial charge on any atom is 0.147 e. The Hall–Kier alpha value is -2.50. The fraction of sp³-hybridized carbons (Fsp3) is 0. The Morgan fingerprint density at radius 2 is 1.57 bits per heavy atom. The van der Waals surface area contributed by atoms with Crippen LogP contribution in [0.5, 0.6) is 0 Å². The quantitative estimate of drug-likeness (QED) is 0.762. The first-order valence-corrected chi connectivity index (χ1v) is 6.80. The van der Waals surface area contributed by atoms with E-state index in [1.165, 1.54) is 4.64 Å². The highest BCUT2D eigenvalue weighted by Crippen LogP contribution is 2.13. The van der Waals surface area contributed by atoms with Crippen LogP contribution in [0.4, 0.5) is 11.4 Å². The minimum Gasteiger partial charge on any atom is -0.341 e. The van der Waals surface area contributed by atoms with Crippen molar-refractivity contribution >= 4 is 29.0 Å². The molecule has 0 radical (unpaired) electrons. The highest BCUT2D eigenvalue weighted by molar-refractivity contribution is 6.14. The molecule has 2 aromatic carbocycles. The van der Waals surface area contributed by atoms with Gasteiger partial charge >= 0.3 is 0 Å². The van der Waals surface area contributed by atoms with E-state index in [1.54, 1.807) is 0 Å². The second-order valence-corrected chi connectivity index (χ2v) is 4.72. The number of rotatable bonds is 3. The summed E-state index contributed by atoms with van der Waals surface area (Å²) in [6, 6.07) is 19.5. The molecule has 0 aromatic heterocycles. The van der Waals surface area contributed by atoms with E-state index in [2.05, 4.69) is 21.2 Å². The number of amidine groups is 1. The van der Waals surface area contributed by atoms with Gasteiger partial charge in [-0.3, -0.25) is 10.9 Å². The van der Waals surface area contributed by atoms with Gasteiger partial charge in [0.2, 0.25) is 0 Å². The van der Waals surface area contributed by atoms with Crippen LogP contribution >= 0.6 is 11.8 Å². The summed E-state index contributed by atoms with van der Waals surface area (Å²) in [5.41, 5.74) is 7.65. The lowest BCUT2D eigenvalue weighted by molar-refractivity contribution is 0.330. The molecule has 21 heavy (non-hydrogen) atoms. The van der Waals surface area contributed by atoms with Crippen molar-refractivity contribution in [1.29, 1.82) is 0 Å². The van der Waals surface area contributed by atoms with Gasteiger partial charge < -0.3 is 5.32 Å². The van der Waals surface area contributed by atoms with Crippen molar-refractivity contribution in [3.8, 4) is 0 Å². The molecule has 6 heteroatoms. The number of hydrogen-bond donors (Lipinski definition) is 3. The third-order valence-electron chi connectivity index (χ3n) is 2.77. The number of para-hydroxylation sites is 2. The Morgan fingerprint density at radius 1 is 0.905 bits per heavy atom. The topological polar surface area (TPSA) is 51.7 Å². The molecular formula is C15H14ClN5. The lowest BCUT2D eigenvalue weighted by Gasteiger charge is -2.25. The van der Waals surface area contributed by atoms with E-state index in [0.717, 1.165) is 17.2 Å². The van der Waals surface area contributed by atoms with E-state index < -0.39 is 0 Å². The molecule has 106 valence electrons. The number of benzene rings is 2. The average Bonchev–Trinajstić information content (AvgIpc) is 2.48. The van der Waals surface area contributed by atoms with Gasteiger partial charge in [0.1, 0.15) is 11.7 Å². The molecule has 0 saturated carbocycles. The van der Waals surface area contributed by atoms with Crippen molar-refractivity contribution in [2.45, 2.75) is 0 Å². The largest absolute Gasteiger partial charge is 0.341 e. The van der Waals surface area contributed by atoms with Crippen LogP contribution in [-0.4, -0.2) is 10.5 Å². The fourth-order valence-electron chi connectivity index (χ4n) is 1.88. The molecule has 0 bridgehead atoms. The van der Waals surface area contributed by atoms with Crippen LogP contribution in [0.1, 0.15) is 0 Å². The molecule has 0 aliphatic carbocycles. The third kappa shape index (κ3) is 3.75. The van der Waals surface area contributed by atoms with Gasteiger partial charge in [-0.25, -0.2) is 4.99 Å². The van der Waals surface area contributed by atoms with E-state index in [0.29, 0.717) is 5.84 Å². The smallest absolute Gasteiger partial charge is 0.147 e. The number of hydrogen-bond acceptors (Lipinski definition) is 4. The number of hydrazine groups is 2. The van der Waals surface area contributed by atoms with E-state index in [9.17, 15) is 0 Å². The van der Waals surface area contributed by atoms with Crippen LogP contribution in [0.25, 0.3) is 0 Å². The maximum absolute atomic E-state index is 5.99. The summed E-state index contributed by atoms with van der Waals surface area (Å²) in [7, 11) is 0. The monoisotopic (exact) mass is 299 g/mol. The zero-order chi connectivity index (χ0) is 14.5. The fourth-order valence-corrected chi connectivity index (χ4v) is 2.05. The van der Waals surface area contributed by atoms with Gasteiger partial charge in [0.25, 0.3) is 0 Å². The molecule has 0 spiro atoms. The summed E-state index contributed by atoms with van der Waals surface area (Å²) in [4.78, 5) is 4.48. The van der Waals surface area contributed by atoms with Gasteiger partial charge in [0.15, 0.2) is 0 Å². The molecule has 2 aromatic rings. The zero-order valence-corrected chi connectivity index (χ0v) is 11.9. The summed E-state index contributed by atoms with van der Waals surface area (Å²) in [6.07, 6.45) is 1.85. The van der Waals surface area contributed by atoms with Crippen LogP contribution in [0, 0.1) is 0 Å². The van der Waals surface area contributed by atoms with Crippen molar-refractivity contribution in [1.82, 2.24) is 15.5 Å². The Morgan fingerprint density at radius 3 is 2.29 bits per heavy atom. The van der Waals surface area contributed by atoms with Crippen molar-refractivity contribution in [2.75, 3.05) is 5.32 Å². The number of anilines is 1. The first-order valence-electron chi connectivity index (χ1n) is 6.46. The predicted octanol–water partition coefficient (Wildman–Crippen LogP) is 3.15. The molecule has 5 nitrogen and oxygen atoms in total. The normalized spacial score (nSPS) is 16.8. The Kier molecular flexibility index (Phi) is 4.04. The van der Waals surface area contributed by atoms with E-state index in [4.69, 9.17) is 11.8 Å². The highest BCUT2D eigenvalue weighted by atomic mass is 35.5. The van der Waals surface area contributed by atoms with Crippen molar-refractivity contribution in [2.24, 2.45) is 4.99 Å². The van der Waals surface area contributed by atoms with Crippen LogP contribution in [0.2, 0.25) is 0 Å². The minimum absolute atomic E-state index is 0.633. The van der Waals surface area contributed by atoms with Gasteiger partial charge in [0, 0.05) is 23.5 Å². The molecule has 1 heterocycles. The summed E-state index contributed by atoms with van der Waals surface area (Å²) < 4.78 is 1.23. The van der Waals surface area contributed by atoms with E-state index in [1.807, 2.05) is 66.7 Å². The number of aliphatic imine (C=N–C) groups is 1. The van der Waals surface area contributed by atoms with Crippen molar-refractivity contribution in [3.63, 3.8) is 0 Å².